The van der Waals surface area contributed by atoms with Gasteiger partial charge in [-0.05, 0) is 31.0 Å². The third-order valence-electron chi connectivity index (χ3n) is 2.49. The summed E-state index contributed by atoms with van der Waals surface area (Å²) in [5.74, 6) is 0.333. The number of nitro benzene ring substituents is 1. The highest BCUT2D eigenvalue weighted by Gasteiger charge is 2.18. The summed E-state index contributed by atoms with van der Waals surface area (Å²) in [6.07, 6.45) is 3.30. The summed E-state index contributed by atoms with van der Waals surface area (Å²) < 4.78 is 0.659. The van der Waals surface area contributed by atoms with E-state index in [9.17, 15) is 10.1 Å². The van der Waals surface area contributed by atoms with Crippen LogP contribution in [0.5, 0.6) is 0 Å². The molecule has 0 radical (unpaired) electrons. The SMILES string of the molecule is Cc1cnc(Nc2c(C)cc(Br)cc2[N+](=O)[O-])nc1. The molecule has 2 aromatic rings. The number of benzene rings is 1. The van der Waals surface area contributed by atoms with E-state index in [4.69, 9.17) is 0 Å². The molecule has 1 heterocycles. The van der Waals surface area contributed by atoms with Gasteiger partial charge in [-0.1, -0.05) is 15.9 Å². The van der Waals surface area contributed by atoms with Gasteiger partial charge in [0.15, 0.2) is 0 Å². The minimum absolute atomic E-state index is 0.0175. The van der Waals surface area contributed by atoms with Crippen LogP contribution in [-0.2, 0) is 0 Å². The average molecular weight is 323 g/mol. The fraction of sp³-hybridized carbons (Fsp3) is 0.167. The predicted molar refractivity (Wildman–Crippen MR) is 75.6 cm³/mol. The van der Waals surface area contributed by atoms with Crippen molar-refractivity contribution in [2.24, 2.45) is 0 Å². The van der Waals surface area contributed by atoms with E-state index < -0.39 is 4.92 Å². The molecule has 0 saturated heterocycles. The topological polar surface area (TPSA) is 81.0 Å². The van der Waals surface area contributed by atoms with E-state index in [2.05, 4.69) is 31.2 Å². The van der Waals surface area contributed by atoms with E-state index in [0.29, 0.717) is 16.1 Å². The van der Waals surface area contributed by atoms with Gasteiger partial charge in [-0.15, -0.1) is 0 Å². The molecule has 2 rings (SSSR count). The lowest BCUT2D eigenvalue weighted by Crippen LogP contribution is -2.02. The Bertz CT molecular complexity index is 628. The molecule has 1 aromatic heterocycles. The van der Waals surface area contributed by atoms with Crippen LogP contribution in [0.3, 0.4) is 0 Å². The van der Waals surface area contributed by atoms with Gasteiger partial charge in [0.2, 0.25) is 5.95 Å². The number of nitrogens with one attached hydrogen (secondary N) is 1. The van der Waals surface area contributed by atoms with Gasteiger partial charge in [-0.25, -0.2) is 9.97 Å². The minimum Gasteiger partial charge on any atom is -0.318 e. The summed E-state index contributed by atoms with van der Waals surface area (Å²) in [7, 11) is 0. The smallest absolute Gasteiger partial charge is 0.294 e. The molecule has 98 valence electrons. The maximum absolute atomic E-state index is 11.1. The number of anilines is 2. The van der Waals surface area contributed by atoms with Gasteiger partial charge in [-0.3, -0.25) is 10.1 Å². The van der Waals surface area contributed by atoms with E-state index in [-0.39, 0.29) is 5.69 Å². The second-order valence-electron chi connectivity index (χ2n) is 4.08. The molecule has 0 spiro atoms. The van der Waals surface area contributed by atoms with Crippen molar-refractivity contribution in [2.75, 3.05) is 5.32 Å². The van der Waals surface area contributed by atoms with Crippen molar-refractivity contribution in [2.45, 2.75) is 13.8 Å². The van der Waals surface area contributed by atoms with Crippen LogP contribution in [0.25, 0.3) is 0 Å². The third kappa shape index (κ3) is 3.05. The van der Waals surface area contributed by atoms with Gasteiger partial charge in [0.1, 0.15) is 5.69 Å². The van der Waals surface area contributed by atoms with Crippen molar-refractivity contribution < 1.29 is 4.92 Å². The van der Waals surface area contributed by atoms with Crippen molar-refractivity contribution in [3.8, 4) is 0 Å². The lowest BCUT2D eigenvalue weighted by atomic mass is 10.1. The van der Waals surface area contributed by atoms with Crippen LogP contribution in [-0.4, -0.2) is 14.9 Å². The van der Waals surface area contributed by atoms with Crippen molar-refractivity contribution in [1.29, 1.82) is 0 Å². The normalized spacial score (nSPS) is 10.3. The molecule has 0 atom stereocenters. The Labute approximate surface area is 118 Å². The largest absolute Gasteiger partial charge is 0.318 e. The highest BCUT2D eigenvalue weighted by Crippen LogP contribution is 2.33. The number of nitrogens with zero attached hydrogens (tertiary/aromatic N) is 3. The van der Waals surface area contributed by atoms with Crippen LogP contribution in [0, 0.1) is 24.0 Å². The molecule has 0 bridgehead atoms. The molecule has 0 aliphatic heterocycles. The van der Waals surface area contributed by atoms with Crippen molar-refractivity contribution in [1.82, 2.24) is 9.97 Å². The van der Waals surface area contributed by atoms with Gasteiger partial charge < -0.3 is 5.32 Å². The number of hydrogen-bond acceptors (Lipinski definition) is 5. The molecule has 0 aliphatic rings. The van der Waals surface area contributed by atoms with Crippen LogP contribution in [0.15, 0.2) is 29.0 Å². The molecule has 0 unspecified atom stereocenters. The standard InChI is InChI=1S/C12H11BrN4O2/c1-7-5-14-12(15-6-7)16-11-8(2)3-9(13)4-10(11)17(18)19/h3-6H,1-2H3,(H,14,15,16). The summed E-state index contributed by atoms with van der Waals surface area (Å²) in [4.78, 5) is 18.8. The van der Waals surface area contributed by atoms with Gasteiger partial charge >= 0.3 is 0 Å². The van der Waals surface area contributed by atoms with Crippen molar-refractivity contribution >= 4 is 33.3 Å². The maximum Gasteiger partial charge on any atom is 0.294 e. The summed E-state index contributed by atoms with van der Waals surface area (Å²) >= 11 is 3.25. The Morgan fingerprint density at radius 1 is 1.26 bits per heavy atom. The minimum atomic E-state index is -0.436. The van der Waals surface area contributed by atoms with Gasteiger partial charge in [-0.2, -0.15) is 0 Å². The first-order valence-electron chi connectivity index (χ1n) is 5.47. The quantitative estimate of drug-likeness (QED) is 0.690. The zero-order chi connectivity index (χ0) is 14.0. The Morgan fingerprint density at radius 2 is 1.89 bits per heavy atom. The van der Waals surface area contributed by atoms with E-state index in [1.807, 2.05) is 6.92 Å². The van der Waals surface area contributed by atoms with Gasteiger partial charge in [0.25, 0.3) is 5.69 Å². The molecule has 0 fully saturated rings. The fourth-order valence-electron chi connectivity index (χ4n) is 1.60. The van der Waals surface area contributed by atoms with Crippen LogP contribution in [0.4, 0.5) is 17.3 Å². The first-order chi connectivity index (χ1) is 8.97. The summed E-state index contributed by atoms with van der Waals surface area (Å²) in [5, 5.41) is 14.0. The Morgan fingerprint density at radius 3 is 2.47 bits per heavy atom. The summed E-state index contributed by atoms with van der Waals surface area (Å²) in [5.41, 5.74) is 2.05. The van der Waals surface area contributed by atoms with Crippen LogP contribution in [0.2, 0.25) is 0 Å². The molecular weight excluding hydrogens is 312 g/mol. The Hall–Kier alpha value is -2.02. The van der Waals surface area contributed by atoms with Crippen LogP contribution >= 0.6 is 15.9 Å². The average Bonchev–Trinajstić information content (AvgIpc) is 2.34. The summed E-state index contributed by atoms with van der Waals surface area (Å²) in [6, 6.07) is 3.24. The second kappa shape index (κ2) is 5.31. The lowest BCUT2D eigenvalue weighted by Gasteiger charge is -2.09. The first-order valence-corrected chi connectivity index (χ1v) is 6.27. The van der Waals surface area contributed by atoms with Gasteiger partial charge in [0.05, 0.1) is 4.92 Å². The number of aromatic nitrogens is 2. The number of rotatable bonds is 3. The Kier molecular flexibility index (Phi) is 3.75. The third-order valence-corrected chi connectivity index (χ3v) is 2.95. The molecule has 1 N–H and O–H groups in total. The lowest BCUT2D eigenvalue weighted by molar-refractivity contribution is -0.384. The second-order valence-corrected chi connectivity index (χ2v) is 5.00. The molecule has 0 amide bonds. The maximum atomic E-state index is 11.1. The monoisotopic (exact) mass is 322 g/mol. The number of aryl methyl sites for hydroxylation is 2. The van der Waals surface area contributed by atoms with E-state index in [1.54, 1.807) is 25.4 Å². The van der Waals surface area contributed by atoms with Crippen molar-refractivity contribution in [3.05, 3.63) is 50.2 Å². The summed E-state index contributed by atoms with van der Waals surface area (Å²) in [6.45, 7) is 3.66. The number of halogens is 1. The zero-order valence-electron chi connectivity index (χ0n) is 10.3. The van der Waals surface area contributed by atoms with Gasteiger partial charge in [0, 0.05) is 22.9 Å². The Balaban J connectivity index is 2.44. The van der Waals surface area contributed by atoms with E-state index in [1.165, 1.54) is 6.07 Å². The molecule has 6 nitrogen and oxygen atoms in total. The molecule has 19 heavy (non-hydrogen) atoms. The van der Waals surface area contributed by atoms with E-state index >= 15 is 0 Å². The number of hydrogen-bond donors (Lipinski definition) is 1. The molecule has 0 saturated carbocycles. The fourth-order valence-corrected chi connectivity index (χ4v) is 2.16. The predicted octanol–water partition coefficient (Wildman–Crippen LogP) is 3.51. The molecule has 1 aromatic carbocycles. The first kappa shape index (κ1) is 13.4. The van der Waals surface area contributed by atoms with Crippen molar-refractivity contribution in [3.63, 3.8) is 0 Å². The highest BCUT2D eigenvalue weighted by molar-refractivity contribution is 9.10. The zero-order valence-corrected chi connectivity index (χ0v) is 11.9. The van der Waals surface area contributed by atoms with Crippen LogP contribution in [0.1, 0.15) is 11.1 Å². The molecule has 7 heteroatoms. The van der Waals surface area contributed by atoms with E-state index in [0.717, 1.165) is 11.1 Å². The molecule has 0 aliphatic carbocycles. The van der Waals surface area contributed by atoms with Crippen LogP contribution < -0.4 is 5.32 Å². The highest BCUT2D eigenvalue weighted by atomic mass is 79.9. The molecular formula is C12H11BrN4O2. The number of nitro groups is 1.